The molecule has 0 bridgehead atoms. The Bertz CT molecular complexity index is 406. The van der Waals surface area contributed by atoms with Crippen LogP contribution in [0.3, 0.4) is 0 Å². The molecule has 17 heavy (non-hydrogen) atoms. The van der Waals surface area contributed by atoms with Crippen LogP contribution in [-0.4, -0.2) is 13.2 Å². The monoisotopic (exact) mass is 295 g/mol. The number of rotatable bonds is 6. The van der Waals surface area contributed by atoms with E-state index in [1.54, 1.807) is 6.92 Å². The first kappa shape index (κ1) is 14.1. The molecule has 0 heterocycles. The molecule has 1 aromatic carbocycles. The Balaban J connectivity index is 2.55. The van der Waals surface area contributed by atoms with Crippen LogP contribution in [0.15, 0.2) is 22.7 Å². The van der Waals surface area contributed by atoms with Crippen LogP contribution in [0, 0.1) is 11.8 Å². The molecule has 0 fully saturated rings. The van der Waals surface area contributed by atoms with Crippen LogP contribution in [0.5, 0.6) is 5.75 Å². The molecule has 0 atom stereocenters. The molecule has 0 spiro atoms. The molecule has 0 saturated heterocycles. The molecule has 0 aliphatic carbocycles. The van der Waals surface area contributed by atoms with Gasteiger partial charge in [-0.3, -0.25) is 0 Å². The maximum atomic E-state index is 5.52. The van der Waals surface area contributed by atoms with E-state index in [1.165, 1.54) is 5.56 Å². The SMILES string of the molecule is CC#CCOc1ccc(CNCCC)cc1Br. The van der Waals surface area contributed by atoms with Crippen molar-refractivity contribution in [1.29, 1.82) is 0 Å². The fraction of sp³-hybridized carbons (Fsp3) is 0.429. The Morgan fingerprint density at radius 2 is 2.24 bits per heavy atom. The molecule has 0 radical (unpaired) electrons. The van der Waals surface area contributed by atoms with Gasteiger partial charge in [0, 0.05) is 6.54 Å². The molecule has 0 saturated carbocycles. The van der Waals surface area contributed by atoms with E-state index in [-0.39, 0.29) is 0 Å². The summed E-state index contributed by atoms with van der Waals surface area (Å²) in [5.74, 6) is 6.52. The van der Waals surface area contributed by atoms with E-state index in [4.69, 9.17) is 4.74 Å². The Morgan fingerprint density at radius 3 is 2.88 bits per heavy atom. The van der Waals surface area contributed by atoms with Crippen LogP contribution >= 0.6 is 15.9 Å². The van der Waals surface area contributed by atoms with Crippen molar-refractivity contribution < 1.29 is 4.74 Å². The summed E-state index contributed by atoms with van der Waals surface area (Å²) in [6.45, 7) is 6.33. The summed E-state index contributed by atoms with van der Waals surface area (Å²) >= 11 is 3.51. The smallest absolute Gasteiger partial charge is 0.149 e. The van der Waals surface area contributed by atoms with Crippen LogP contribution in [0.1, 0.15) is 25.8 Å². The Morgan fingerprint density at radius 1 is 1.41 bits per heavy atom. The van der Waals surface area contributed by atoms with Crippen molar-refractivity contribution >= 4 is 15.9 Å². The minimum absolute atomic E-state index is 0.433. The zero-order valence-corrected chi connectivity index (χ0v) is 11.9. The number of hydrogen-bond acceptors (Lipinski definition) is 2. The Labute approximate surface area is 112 Å². The molecular weight excluding hydrogens is 278 g/mol. The molecule has 3 heteroatoms. The van der Waals surface area contributed by atoms with Gasteiger partial charge in [-0.05, 0) is 53.5 Å². The Hall–Kier alpha value is -0.980. The van der Waals surface area contributed by atoms with Crippen molar-refractivity contribution in [3.63, 3.8) is 0 Å². The third-order valence-corrected chi connectivity index (χ3v) is 2.85. The second-order valence-corrected chi connectivity index (χ2v) is 4.51. The summed E-state index contributed by atoms with van der Waals surface area (Å²) in [7, 11) is 0. The first-order chi connectivity index (χ1) is 8.27. The minimum atomic E-state index is 0.433. The van der Waals surface area contributed by atoms with Crippen molar-refractivity contribution in [2.24, 2.45) is 0 Å². The zero-order chi connectivity index (χ0) is 12.5. The minimum Gasteiger partial charge on any atom is -0.480 e. The van der Waals surface area contributed by atoms with E-state index < -0.39 is 0 Å². The van der Waals surface area contributed by atoms with Crippen LogP contribution in [0.25, 0.3) is 0 Å². The predicted octanol–water partition coefficient (Wildman–Crippen LogP) is 3.35. The fourth-order valence-corrected chi connectivity index (χ4v) is 1.91. The first-order valence-electron chi connectivity index (χ1n) is 5.79. The molecule has 1 N–H and O–H groups in total. The van der Waals surface area contributed by atoms with Crippen molar-refractivity contribution in [2.45, 2.75) is 26.8 Å². The highest BCUT2D eigenvalue weighted by Gasteiger charge is 2.01. The van der Waals surface area contributed by atoms with Gasteiger partial charge < -0.3 is 10.1 Å². The van der Waals surface area contributed by atoms with Gasteiger partial charge in [-0.25, -0.2) is 0 Å². The molecule has 0 aliphatic rings. The van der Waals surface area contributed by atoms with Gasteiger partial charge in [-0.1, -0.05) is 18.9 Å². The highest BCUT2D eigenvalue weighted by molar-refractivity contribution is 9.10. The van der Waals surface area contributed by atoms with E-state index in [2.05, 4.69) is 52.1 Å². The van der Waals surface area contributed by atoms with Gasteiger partial charge in [-0.2, -0.15) is 0 Å². The lowest BCUT2D eigenvalue weighted by atomic mass is 10.2. The second-order valence-electron chi connectivity index (χ2n) is 3.66. The lowest BCUT2D eigenvalue weighted by Crippen LogP contribution is -2.13. The molecule has 92 valence electrons. The van der Waals surface area contributed by atoms with Crippen molar-refractivity contribution in [1.82, 2.24) is 5.32 Å². The number of nitrogens with one attached hydrogen (secondary N) is 1. The number of benzene rings is 1. The number of halogens is 1. The predicted molar refractivity (Wildman–Crippen MR) is 75.1 cm³/mol. The molecule has 0 amide bonds. The van der Waals surface area contributed by atoms with Gasteiger partial charge in [0.2, 0.25) is 0 Å². The standard InChI is InChI=1S/C14H18BrNO/c1-3-5-9-17-14-7-6-12(10-13(14)15)11-16-8-4-2/h6-7,10,16H,4,8-9,11H2,1-2H3. The molecule has 1 aromatic rings. The van der Waals surface area contributed by atoms with E-state index in [1.807, 2.05) is 6.07 Å². The summed E-state index contributed by atoms with van der Waals surface area (Å²) in [4.78, 5) is 0. The first-order valence-corrected chi connectivity index (χ1v) is 6.58. The van der Waals surface area contributed by atoms with Gasteiger partial charge in [-0.15, -0.1) is 5.92 Å². The Kier molecular flexibility index (Phi) is 6.76. The average Bonchev–Trinajstić information content (AvgIpc) is 2.32. The van der Waals surface area contributed by atoms with E-state index in [9.17, 15) is 0 Å². The van der Waals surface area contributed by atoms with Gasteiger partial charge in [0.05, 0.1) is 4.47 Å². The van der Waals surface area contributed by atoms with Crippen LogP contribution in [-0.2, 0) is 6.54 Å². The summed E-state index contributed by atoms with van der Waals surface area (Å²) in [5.41, 5.74) is 1.25. The lowest BCUT2D eigenvalue weighted by molar-refractivity contribution is 0.367. The van der Waals surface area contributed by atoms with E-state index >= 15 is 0 Å². The lowest BCUT2D eigenvalue weighted by Gasteiger charge is -2.08. The highest BCUT2D eigenvalue weighted by Crippen LogP contribution is 2.25. The number of ether oxygens (including phenoxy) is 1. The highest BCUT2D eigenvalue weighted by atomic mass is 79.9. The average molecular weight is 296 g/mol. The van der Waals surface area contributed by atoms with Gasteiger partial charge in [0.25, 0.3) is 0 Å². The van der Waals surface area contributed by atoms with Crippen LogP contribution < -0.4 is 10.1 Å². The van der Waals surface area contributed by atoms with Crippen molar-refractivity contribution in [3.05, 3.63) is 28.2 Å². The summed E-state index contributed by atoms with van der Waals surface area (Å²) in [6.07, 6.45) is 1.15. The largest absolute Gasteiger partial charge is 0.480 e. The molecule has 0 aliphatic heterocycles. The fourth-order valence-electron chi connectivity index (χ4n) is 1.37. The van der Waals surface area contributed by atoms with Crippen LogP contribution in [0.2, 0.25) is 0 Å². The molecule has 0 aromatic heterocycles. The maximum Gasteiger partial charge on any atom is 0.149 e. The molecule has 1 rings (SSSR count). The normalized spacial score (nSPS) is 9.59. The maximum absolute atomic E-state index is 5.52. The molecule has 0 unspecified atom stereocenters. The van der Waals surface area contributed by atoms with Crippen molar-refractivity contribution in [3.8, 4) is 17.6 Å². The third-order valence-electron chi connectivity index (χ3n) is 2.23. The van der Waals surface area contributed by atoms with Gasteiger partial charge in [0.15, 0.2) is 0 Å². The summed E-state index contributed by atoms with van der Waals surface area (Å²) in [5, 5.41) is 3.37. The van der Waals surface area contributed by atoms with E-state index in [0.717, 1.165) is 29.7 Å². The topological polar surface area (TPSA) is 21.3 Å². The van der Waals surface area contributed by atoms with Crippen molar-refractivity contribution in [2.75, 3.05) is 13.2 Å². The third kappa shape index (κ3) is 5.25. The molecule has 2 nitrogen and oxygen atoms in total. The van der Waals surface area contributed by atoms with Crippen LogP contribution in [0.4, 0.5) is 0 Å². The van der Waals surface area contributed by atoms with Gasteiger partial charge >= 0.3 is 0 Å². The summed E-state index contributed by atoms with van der Waals surface area (Å²) < 4.78 is 6.49. The van der Waals surface area contributed by atoms with E-state index in [0.29, 0.717) is 6.61 Å². The quantitative estimate of drug-likeness (QED) is 0.642. The van der Waals surface area contributed by atoms with Gasteiger partial charge in [0.1, 0.15) is 12.4 Å². The zero-order valence-electron chi connectivity index (χ0n) is 10.3. The number of hydrogen-bond donors (Lipinski definition) is 1. The second kappa shape index (κ2) is 8.16. The summed E-state index contributed by atoms with van der Waals surface area (Å²) in [6, 6.07) is 6.13. The molecular formula is C14H18BrNO.